The number of hydrogen-bond acceptors (Lipinski definition) is 1. The molecule has 2 rings (SSSR count). The van der Waals surface area contributed by atoms with E-state index in [9.17, 15) is 0 Å². The molecule has 2 aliphatic rings. The highest BCUT2D eigenvalue weighted by Crippen LogP contribution is 2.60. The molecule has 0 amide bonds. The Morgan fingerprint density at radius 1 is 1.21 bits per heavy atom. The molecule has 0 aromatic heterocycles. The highest BCUT2D eigenvalue weighted by molar-refractivity contribution is 9.11. The highest BCUT2D eigenvalue weighted by Gasteiger charge is 2.51. The van der Waals surface area contributed by atoms with Gasteiger partial charge in [-0.05, 0) is 85.8 Å². The Labute approximate surface area is 185 Å². The smallest absolute Gasteiger partial charge is 0.192 e. The van der Waals surface area contributed by atoms with Gasteiger partial charge in [-0.1, -0.05) is 81.8 Å². The Morgan fingerprint density at radius 3 is 2.43 bits per heavy atom. The molecule has 0 N–H and O–H groups in total. The highest BCUT2D eigenvalue weighted by atomic mass is 79.9. The molecule has 1 unspecified atom stereocenters. The molecule has 0 saturated heterocycles. The van der Waals surface area contributed by atoms with Crippen LogP contribution in [0.1, 0.15) is 99.8 Å². The second-order valence-electron chi connectivity index (χ2n) is 10.8. The first kappa shape index (κ1) is 24.7. The van der Waals surface area contributed by atoms with Crippen molar-refractivity contribution in [2.24, 2.45) is 23.2 Å². The van der Waals surface area contributed by atoms with Gasteiger partial charge in [0, 0.05) is 0 Å². The predicted molar refractivity (Wildman–Crippen MR) is 131 cm³/mol. The van der Waals surface area contributed by atoms with E-state index in [1.807, 2.05) is 0 Å². The summed E-state index contributed by atoms with van der Waals surface area (Å²) in [6.07, 6.45) is 10.9. The Kier molecular flexibility index (Phi) is 8.93. The second kappa shape index (κ2) is 10.1. The summed E-state index contributed by atoms with van der Waals surface area (Å²) in [7, 11) is -1.52. The lowest BCUT2D eigenvalue weighted by molar-refractivity contribution is 0.0639. The number of rotatable bonds is 10. The third-order valence-electron chi connectivity index (χ3n) is 8.62. The third-order valence-corrected chi connectivity index (χ3v) is 14.1. The molecule has 0 radical (unpaired) electrons. The van der Waals surface area contributed by atoms with Gasteiger partial charge in [-0.2, -0.15) is 0 Å². The van der Waals surface area contributed by atoms with Crippen molar-refractivity contribution >= 4 is 24.2 Å². The molecule has 2 fully saturated rings. The van der Waals surface area contributed by atoms with Gasteiger partial charge < -0.3 is 4.43 Å². The lowest BCUT2D eigenvalue weighted by atomic mass is 9.62. The van der Waals surface area contributed by atoms with Gasteiger partial charge in [0.25, 0.3) is 0 Å². The molecule has 28 heavy (non-hydrogen) atoms. The lowest BCUT2D eigenvalue weighted by Crippen LogP contribution is -2.44. The molecule has 0 spiro atoms. The quantitative estimate of drug-likeness (QED) is 0.289. The summed E-state index contributed by atoms with van der Waals surface area (Å²) in [5.41, 5.74) is 2.28. The topological polar surface area (TPSA) is 9.23 Å². The van der Waals surface area contributed by atoms with Crippen LogP contribution in [0, 0.1) is 23.2 Å². The Hall–Kier alpha value is 0.397. The van der Waals surface area contributed by atoms with E-state index in [0.717, 1.165) is 17.8 Å². The summed E-state index contributed by atoms with van der Waals surface area (Å²) in [5, 5.41) is 0. The van der Waals surface area contributed by atoms with Crippen LogP contribution in [0.3, 0.4) is 0 Å². The van der Waals surface area contributed by atoms with Crippen LogP contribution in [0.2, 0.25) is 18.1 Å². The van der Waals surface area contributed by atoms with Gasteiger partial charge in [-0.25, -0.2) is 0 Å². The molecule has 164 valence electrons. The standard InChI is InChI=1S/C25H47BrOSi/c1-8-28(9-2,10-3)27-24(5,6)16-13-14-20(4)23-21(19-26)18-22-15-11-12-17-25(22,23)7/h19-20,22-23H,8-18H2,1-7H3/b21-19+/t20-,22?,23-,25+/m0/s1. The Morgan fingerprint density at radius 2 is 1.86 bits per heavy atom. The molecule has 4 atom stereocenters. The average Bonchev–Trinajstić information content (AvgIpc) is 2.98. The van der Waals surface area contributed by atoms with Gasteiger partial charge >= 0.3 is 0 Å². The molecule has 0 aromatic rings. The minimum atomic E-state index is -1.52. The van der Waals surface area contributed by atoms with Gasteiger partial charge in [-0.15, -0.1) is 0 Å². The van der Waals surface area contributed by atoms with Gasteiger partial charge in [0.05, 0.1) is 5.60 Å². The molecular formula is C25H47BrOSi. The first-order valence-electron chi connectivity index (χ1n) is 12.2. The maximum absolute atomic E-state index is 6.85. The number of halogens is 1. The fourth-order valence-electron chi connectivity index (χ4n) is 6.76. The van der Waals surface area contributed by atoms with Crippen LogP contribution in [0.4, 0.5) is 0 Å². The lowest BCUT2D eigenvalue weighted by Gasteiger charge is -2.43. The van der Waals surface area contributed by atoms with Gasteiger partial charge in [0.1, 0.15) is 0 Å². The normalized spacial score (nSPS) is 31.2. The number of allylic oxidation sites excluding steroid dienone is 1. The summed E-state index contributed by atoms with van der Waals surface area (Å²) in [5.74, 6) is 2.47. The first-order valence-corrected chi connectivity index (χ1v) is 15.6. The molecule has 2 aliphatic carbocycles. The zero-order chi connectivity index (χ0) is 21.0. The monoisotopic (exact) mass is 470 g/mol. The SMILES string of the molecule is CC[Si](CC)(CC)OC(C)(C)CCC[C@H](C)[C@H]1/C(=C/Br)CC2CCCC[C@]21C. The summed E-state index contributed by atoms with van der Waals surface area (Å²) in [6.45, 7) is 16.8. The van der Waals surface area contributed by atoms with Crippen molar-refractivity contribution in [1.82, 2.24) is 0 Å². The zero-order valence-electron chi connectivity index (χ0n) is 19.9. The summed E-state index contributed by atoms with van der Waals surface area (Å²) >= 11 is 3.72. The number of hydrogen-bond donors (Lipinski definition) is 0. The van der Waals surface area contributed by atoms with Crippen molar-refractivity contribution in [1.29, 1.82) is 0 Å². The van der Waals surface area contributed by atoms with Crippen LogP contribution in [-0.4, -0.2) is 13.9 Å². The predicted octanol–water partition coefficient (Wildman–Crippen LogP) is 9.09. The maximum atomic E-state index is 6.85. The molecular weight excluding hydrogens is 424 g/mol. The number of fused-ring (bicyclic) bond motifs is 1. The van der Waals surface area contributed by atoms with Crippen molar-refractivity contribution in [2.45, 2.75) is 124 Å². The molecule has 0 aromatic carbocycles. The van der Waals surface area contributed by atoms with E-state index < -0.39 is 8.32 Å². The first-order chi connectivity index (χ1) is 13.2. The van der Waals surface area contributed by atoms with Crippen LogP contribution in [-0.2, 0) is 4.43 Å². The van der Waals surface area contributed by atoms with E-state index in [-0.39, 0.29) is 5.60 Å². The largest absolute Gasteiger partial charge is 0.412 e. The molecule has 3 heteroatoms. The minimum Gasteiger partial charge on any atom is -0.412 e. The van der Waals surface area contributed by atoms with Crippen LogP contribution in [0.5, 0.6) is 0 Å². The van der Waals surface area contributed by atoms with Crippen molar-refractivity contribution < 1.29 is 4.43 Å². The van der Waals surface area contributed by atoms with Gasteiger partial charge in [0.15, 0.2) is 8.32 Å². The van der Waals surface area contributed by atoms with Gasteiger partial charge in [-0.3, -0.25) is 0 Å². The van der Waals surface area contributed by atoms with Gasteiger partial charge in [0.2, 0.25) is 0 Å². The van der Waals surface area contributed by atoms with Crippen molar-refractivity contribution in [3.05, 3.63) is 10.6 Å². The van der Waals surface area contributed by atoms with E-state index in [0.29, 0.717) is 5.41 Å². The van der Waals surface area contributed by atoms with Crippen molar-refractivity contribution in [3.63, 3.8) is 0 Å². The van der Waals surface area contributed by atoms with E-state index in [4.69, 9.17) is 4.43 Å². The molecule has 1 nitrogen and oxygen atoms in total. The molecule has 2 saturated carbocycles. The summed E-state index contributed by atoms with van der Waals surface area (Å²) < 4.78 is 6.85. The Bertz CT molecular complexity index is 516. The van der Waals surface area contributed by atoms with Crippen LogP contribution < -0.4 is 0 Å². The zero-order valence-corrected chi connectivity index (χ0v) is 22.5. The maximum Gasteiger partial charge on any atom is 0.192 e. The Balaban J connectivity index is 1.96. The minimum absolute atomic E-state index is 0.0367. The fraction of sp³-hybridized carbons (Fsp3) is 0.920. The summed E-state index contributed by atoms with van der Waals surface area (Å²) in [6, 6.07) is 3.75. The average molecular weight is 472 g/mol. The van der Waals surface area contributed by atoms with E-state index in [1.165, 1.54) is 69.5 Å². The van der Waals surface area contributed by atoms with Crippen LogP contribution >= 0.6 is 15.9 Å². The van der Waals surface area contributed by atoms with E-state index >= 15 is 0 Å². The molecule has 0 heterocycles. The van der Waals surface area contributed by atoms with Crippen LogP contribution in [0.25, 0.3) is 0 Å². The van der Waals surface area contributed by atoms with Crippen molar-refractivity contribution in [3.8, 4) is 0 Å². The second-order valence-corrected chi connectivity index (χ2v) is 15.9. The van der Waals surface area contributed by atoms with E-state index in [1.54, 1.807) is 5.57 Å². The van der Waals surface area contributed by atoms with Crippen LogP contribution in [0.15, 0.2) is 10.6 Å². The van der Waals surface area contributed by atoms with E-state index in [2.05, 4.69) is 69.4 Å². The fourth-order valence-corrected chi connectivity index (χ4v) is 10.4. The third kappa shape index (κ3) is 5.35. The summed E-state index contributed by atoms with van der Waals surface area (Å²) in [4.78, 5) is 2.29. The van der Waals surface area contributed by atoms with Crippen molar-refractivity contribution in [2.75, 3.05) is 0 Å². The molecule has 0 aliphatic heterocycles. The molecule has 0 bridgehead atoms.